The van der Waals surface area contributed by atoms with E-state index in [4.69, 9.17) is 15.3 Å². The highest BCUT2D eigenvalue weighted by Crippen LogP contribution is 2.30. The lowest BCUT2D eigenvalue weighted by molar-refractivity contribution is 0.389. The van der Waals surface area contributed by atoms with Gasteiger partial charge in [-0.2, -0.15) is 0 Å². The van der Waals surface area contributed by atoms with Gasteiger partial charge in [0.2, 0.25) is 0 Å². The van der Waals surface area contributed by atoms with Gasteiger partial charge in [-0.3, -0.25) is 11.3 Å². The van der Waals surface area contributed by atoms with Crippen molar-refractivity contribution in [1.82, 2.24) is 5.43 Å². The van der Waals surface area contributed by atoms with Crippen molar-refractivity contribution in [3.63, 3.8) is 0 Å². The summed E-state index contributed by atoms with van der Waals surface area (Å²) < 4.78 is 23.6. The lowest BCUT2D eigenvalue weighted by Crippen LogP contribution is -2.30. The molecule has 0 radical (unpaired) electrons. The van der Waals surface area contributed by atoms with Gasteiger partial charge in [0.15, 0.2) is 0 Å². The Balaban J connectivity index is 2.29. The molecule has 0 fully saturated rings. The first-order valence-corrected chi connectivity index (χ1v) is 6.60. The zero-order chi connectivity index (χ0) is 15.2. The van der Waals surface area contributed by atoms with Crippen LogP contribution in [0.1, 0.15) is 17.2 Å². The van der Waals surface area contributed by atoms with Crippen LogP contribution in [0.4, 0.5) is 4.39 Å². The monoisotopic (exact) mass is 290 g/mol. The molecule has 0 amide bonds. The summed E-state index contributed by atoms with van der Waals surface area (Å²) in [7, 11) is 3.22. The van der Waals surface area contributed by atoms with Crippen molar-refractivity contribution in [1.29, 1.82) is 0 Å². The Kier molecular flexibility index (Phi) is 5.14. The third kappa shape index (κ3) is 3.71. The van der Waals surface area contributed by atoms with Gasteiger partial charge in [-0.25, -0.2) is 4.39 Å². The van der Waals surface area contributed by atoms with E-state index < -0.39 is 0 Å². The van der Waals surface area contributed by atoms with E-state index in [0.29, 0.717) is 6.42 Å². The Morgan fingerprint density at radius 2 is 1.81 bits per heavy atom. The first-order chi connectivity index (χ1) is 10.2. The van der Waals surface area contributed by atoms with Gasteiger partial charge in [-0.1, -0.05) is 12.1 Å². The molecule has 3 N–H and O–H groups in total. The van der Waals surface area contributed by atoms with Crippen LogP contribution in [-0.4, -0.2) is 14.2 Å². The Morgan fingerprint density at radius 3 is 2.38 bits per heavy atom. The zero-order valence-electron chi connectivity index (χ0n) is 12.1. The molecule has 4 nitrogen and oxygen atoms in total. The molecule has 0 aliphatic heterocycles. The Hall–Kier alpha value is -2.11. The van der Waals surface area contributed by atoms with E-state index in [1.807, 2.05) is 18.2 Å². The van der Waals surface area contributed by atoms with Crippen molar-refractivity contribution >= 4 is 0 Å². The topological polar surface area (TPSA) is 56.5 Å². The number of hydrogen-bond donors (Lipinski definition) is 2. The zero-order valence-corrected chi connectivity index (χ0v) is 12.1. The molecule has 2 aromatic carbocycles. The summed E-state index contributed by atoms with van der Waals surface area (Å²) in [4.78, 5) is 0. The summed E-state index contributed by atoms with van der Waals surface area (Å²) in [5.74, 6) is 6.87. The molecule has 0 aliphatic carbocycles. The van der Waals surface area contributed by atoms with Gasteiger partial charge in [0.1, 0.15) is 17.3 Å². The molecule has 0 aromatic heterocycles. The molecule has 1 unspecified atom stereocenters. The molecule has 112 valence electrons. The predicted molar refractivity (Wildman–Crippen MR) is 79.7 cm³/mol. The second kappa shape index (κ2) is 7.06. The van der Waals surface area contributed by atoms with E-state index in [-0.39, 0.29) is 11.9 Å². The van der Waals surface area contributed by atoms with E-state index in [1.165, 1.54) is 12.1 Å². The first-order valence-electron chi connectivity index (χ1n) is 6.60. The molecule has 0 aliphatic rings. The minimum atomic E-state index is -0.255. The number of hydrazine groups is 1. The number of rotatable bonds is 6. The summed E-state index contributed by atoms with van der Waals surface area (Å²) >= 11 is 0. The third-order valence-electron chi connectivity index (χ3n) is 3.37. The second-order valence-corrected chi connectivity index (χ2v) is 4.66. The van der Waals surface area contributed by atoms with Crippen molar-refractivity contribution < 1.29 is 13.9 Å². The maximum Gasteiger partial charge on any atom is 0.123 e. The van der Waals surface area contributed by atoms with Crippen LogP contribution in [0.15, 0.2) is 42.5 Å². The minimum absolute atomic E-state index is 0.166. The number of hydrogen-bond acceptors (Lipinski definition) is 4. The van der Waals surface area contributed by atoms with E-state index in [2.05, 4.69) is 5.43 Å². The Bertz CT molecular complexity index is 587. The summed E-state index contributed by atoms with van der Waals surface area (Å²) in [6.45, 7) is 0. The highest BCUT2D eigenvalue weighted by atomic mass is 19.1. The van der Waals surface area contributed by atoms with Crippen molar-refractivity contribution in [2.75, 3.05) is 14.2 Å². The second-order valence-electron chi connectivity index (χ2n) is 4.66. The summed E-state index contributed by atoms with van der Waals surface area (Å²) in [6.07, 6.45) is 0.611. The summed E-state index contributed by atoms with van der Waals surface area (Å²) in [5, 5.41) is 0. The summed E-state index contributed by atoms with van der Waals surface area (Å²) in [6, 6.07) is 11.7. The van der Waals surface area contributed by atoms with Gasteiger partial charge in [0.05, 0.1) is 20.3 Å². The third-order valence-corrected chi connectivity index (χ3v) is 3.37. The number of ether oxygens (including phenoxy) is 2. The molecule has 5 heteroatoms. The number of halogens is 1. The normalized spacial score (nSPS) is 12.0. The molecule has 1 atom stereocenters. The van der Waals surface area contributed by atoms with E-state index in [0.717, 1.165) is 22.6 Å². The maximum atomic E-state index is 13.0. The predicted octanol–water partition coefficient (Wildman–Crippen LogP) is 2.59. The molecular weight excluding hydrogens is 271 g/mol. The van der Waals surface area contributed by atoms with Crippen molar-refractivity contribution in [3.05, 3.63) is 59.4 Å². The van der Waals surface area contributed by atoms with E-state index >= 15 is 0 Å². The van der Waals surface area contributed by atoms with Crippen molar-refractivity contribution in [2.45, 2.75) is 12.5 Å². The maximum absolute atomic E-state index is 13.0. The highest BCUT2D eigenvalue weighted by Gasteiger charge is 2.16. The fraction of sp³-hybridized carbons (Fsp3) is 0.250. The number of benzene rings is 2. The quantitative estimate of drug-likeness (QED) is 0.634. The van der Waals surface area contributed by atoms with E-state index in [1.54, 1.807) is 26.4 Å². The van der Waals surface area contributed by atoms with Crippen LogP contribution < -0.4 is 20.7 Å². The molecule has 0 spiro atoms. The highest BCUT2D eigenvalue weighted by molar-refractivity contribution is 5.43. The van der Waals surface area contributed by atoms with Crippen LogP contribution in [0.5, 0.6) is 11.5 Å². The molecular formula is C16H19FN2O2. The molecule has 0 heterocycles. The smallest absolute Gasteiger partial charge is 0.123 e. The number of nitrogens with two attached hydrogens (primary N) is 1. The lowest BCUT2D eigenvalue weighted by Gasteiger charge is -2.20. The summed E-state index contributed by atoms with van der Waals surface area (Å²) in [5.41, 5.74) is 4.65. The van der Waals surface area contributed by atoms with Crippen LogP contribution in [-0.2, 0) is 6.42 Å². The number of methoxy groups -OCH3 is 2. The minimum Gasteiger partial charge on any atom is -0.497 e. The fourth-order valence-electron chi connectivity index (χ4n) is 2.23. The van der Waals surface area contributed by atoms with Crippen molar-refractivity contribution in [3.8, 4) is 11.5 Å². The SMILES string of the molecule is COc1ccc(OC)c(C(Cc2ccc(F)cc2)NN)c1. The van der Waals surface area contributed by atoms with Gasteiger partial charge < -0.3 is 9.47 Å². The Labute approximate surface area is 123 Å². The van der Waals surface area contributed by atoms with Crippen LogP contribution >= 0.6 is 0 Å². The van der Waals surface area contributed by atoms with Crippen LogP contribution in [0.25, 0.3) is 0 Å². The number of nitrogens with one attached hydrogen (secondary N) is 1. The van der Waals surface area contributed by atoms with Crippen LogP contribution in [0.3, 0.4) is 0 Å². The first kappa shape index (κ1) is 15.3. The van der Waals surface area contributed by atoms with Gasteiger partial charge in [-0.15, -0.1) is 0 Å². The lowest BCUT2D eigenvalue weighted by atomic mass is 9.98. The molecule has 0 saturated heterocycles. The van der Waals surface area contributed by atoms with Gasteiger partial charge >= 0.3 is 0 Å². The van der Waals surface area contributed by atoms with Gasteiger partial charge in [0, 0.05) is 5.56 Å². The molecule has 0 saturated carbocycles. The van der Waals surface area contributed by atoms with Crippen molar-refractivity contribution in [2.24, 2.45) is 5.84 Å². The van der Waals surface area contributed by atoms with E-state index in [9.17, 15) is 4.39 Å². The van der Waals surface area contributed by atoms with Crippen LogP contribution in [0, 0.1) is 5.82 Å². The van der Waals surface area contributed by atoms with Gasteiger partial charge in [-0.05, 0) is 42.3 Å². The molecule has 0 bridgehead atoms. The molecule has 21 heavy (non-hydrogen) atoms. The van der Waals surface area contributed by atoms with Gasteiger partial charge in [0.25, 0.3) is 0 Å². The standard InChI is InChI=1S/C16H19FN2O2/c1-20-13-7-8-16(21-2)14(10-13)15(19-18)9-11-3-5-12(17)6-4-11/h3-8,10,15,19H,9,18H2,1-2H3. The average Bonchev–Trinajstić information content (AvgIpc) is 2.53. The largest absolute Gasteiger partial charge is 0.497 e. The Morgan fingerprint density at radius 1 is 1.10 bits per heavy atom. The molecule has 2 rings (SSSR count). The van der Waals surface area contributed by atoms with Crippen LogP contribution in [0.2, 0.25) is 0 Å². The average molecular weight is 290 g/mol. The fourth-order valence-corrected chi connectivity index (χ4v) is 2.23. The molecule has 2 aromatic rings.